The molecule has 0 saturated carbocycles. The molecule has 1 aromatic rings. The predicted octanol–water partition coefficient (Wildman–Crippen LogP) is 2.01. The molecule has 1 aliphatic rings. The van der Waals surface area contributed by atoms with Crippen molar-refractivity contribution in [2.75, 3.05) is 6.54 Å². The molecular formula is C14H18FNO4S. The zero-order valence-electron chi connectivity index (χ0n) is 11.9. The number of carboxylic acid groups (broad SMARTS) is 1. The van der Waals surface area contributed by atoms with Crippen LogP contribution >= 0.6 is 0 Å². The molecule has 2 rings (SSSR count). The fraction of sp³-hybridized carbons (Fsp3) is 0.500. The minimum atomic E-state index is -4.04. The number of benzene rings is 1. The van der Waals surface area contributed by atoms with Crippen molar-refractivity contribution in [3.63, 3.8) is 0 Å². The summed E-state index contributed by atoms with van der Waals surface area (Å²) in [4.78, 5) is 10.8. The molecule has 21 heavy (non-hydrogen) atoms. The van der Waals surface area contributed by atoms with Gasteiger partial charge in [-0.3, -0.25) is 4.79 Å². The van der Waals surface area contributed by atoms with Crippen LogP contribution in [0.4, 0.5) is 4.39 Å². The molecule has 1 saturated heterocycles. The van der Waals surface area contributed by atoms with Crippen LogP contribution in [-0.4, -0.2) is 36.4 Å². The molecule has 1 aromatic carbocycles. The number of piperidine rings is 1. The highest BCUT2D eigenvalue weighted by Crippen LogP contribution is 2.30. The molecule has 0 aliphatic carbocycles. The van der Waals surface area contributed by atoms with Crippen molar-refractivity contribution in [2.45, 2.75) is 37.6 Å². The molecule has 2 atom stereocenters. The fourth-order valence-electron chi connectivity index (χ4n) is 2.72. The largest absolute Gasteiger partial charge is 0.481 e. The zero-order chi connectivity index (χ0) is 15.8. The third-order valence-electron chi connectivity index (χ3n) is 3.92. The first-order valence-corrected chi connectivity index (χ1v) is 8.20. The van der Waals surface area contributed by atoms with E-state index < -0.39 is 33.8 Å². The Kier molecular flexibility index (Phi) is 4.34. The highest BCUT2D eigenvalue weighted by atomic mass is 32.2. The van der Waals surface area contributed by atoms with Gasteiger partial charge in [-0.15, -0.1) is 0 Å². The minimum absolute atomic E-state index is 0.209. The number of rotatable bonds is 3. The van der Waals surface area contributed by atoms with Crippen molar-refractivity contribution < 1.29 is 22.7 Å². The Balaban J connectivity index is 2.43. The van der Waals surface area contributed by atoms with Gasteiger partial charge in [-0.2, -0.15) is 4.31 Å². The lowest BCUT2D eigenvalue weighted by Crippen LogP contribution is -2.49. The number of aryl methyl sites for hydroxylation is 1. The summed E-state index contributed by atoms with van der Waals surface area (Å²) in [7, 11) is -4.04. The van der Waals surface area contributed by atoms with Crippen molar-refractivity contribution in [1.82, 2.24) is 4.31 Å². The maximum Gasteiger partial charge on any atom is 0.308 e. The molecule has 7 heteroatoms. The lowest BCUT2D eigenvalue weighted by atomic mass is 9.92. The fourth-order valence-corrected chi connectivity index (χ4v) is 4.57. The van der Waals surface area contributed by atoms with Crippen molar-refractivity contribution in [3.05, 3.63) is 29.6 Å². The molecule has 0 unspecified atom stereocenters. The smallest absolute Gasteiger partial charge is 0.308 e. The Morgan fingerprint density at radius 1 is 1.43 bits per heavy atom. The number of hydrogen-bond acceptors (Lipinski definition) is 3. The Labute approximate surface area is 123 Å². The SMILES string of the molecule is Cc1ccc(F)c(S(=O)(=O)N2CCC[C@@H](C(=O)O)[C@H]2C)c1. The van der Waals surface area contributed by atoms with E-state index in [0.29, 0.717) is 18.4 Å². The number of halogens is 1. The first kappa shape index (κ1) is 15.9. The number of hydrogen-bond donors (Lipinski definition) is 1. The summed E-state index contributed by atoms with van der Waals surface area (Å²) in [5, 5.41) is 9.17. The summed E-state index contributed by atoms with van der Waals surface area (Å²) < 4.78 is 40.2. The van der Waals surface area contributed by atoms with Crippen LogP contribution in [0.1, 0.15) is 25.3 Å². The standard InChI is InChI=1S/C14H18FNO4S/c1-9-5-6-12(15)13(8-9)21(19,20)16-7-3-4-11(10(16)2)14(17)18/h5-6,8,10-11H,3-4,7H2,1-2H3,(H,17,18)/t10-,11-/m1/s1. The third-order valence-corrected chi connectivity index (χ3v) is 5.92. The molecule has 0 aromatic heterocycles. The molecule has 0 amide bonds. The number of carbonyl (C=O) groups is 1. The average Bonchev–Trinajstić information content (AvgIpc) is 2.41. The van der Waals surface area contributed by atoms with Gasteiger partial charge in [0.15, 0.2) is 0 Å². The Morgan fingerprint density at radius 2 is 2.10 bits per heavy atom. The Hall–Kier alpha value is -1.47. The van der Waals surface area contributed by atoms with Crippen LogP contribution in [0.25, 0.3) is 0 Å². The molecule has 1 N–H and O–H groups in total. The van der Waals surface area contributed by atoms with Crippen molar-refractivity contribution in [3.8, 4) is 0 Å². The average molecular weight is 315 g/mol. The summed E-state index contributed by atoms with van der Waals surface area (Å²) in [6, 6.07) is 3.20. The number of carboxylic acids is 1. The first-order chi connectivity index (χ1) is 9.75. The van der Waals surface area contributed by atoms with E-state index in [1.807, 2.05) is 0 Å². The normalized spacial score (nSPS) is 24.0. The van der Waals surface area contributed by atoms with Gasteiger partial charge >= 0.3 is 5.97 Å². The maximum absolute atomic E-state index is 13.9. The number of sulfonamides is 1. The second-order valence-electron chi connectivity index (χ2n) is 5.38. The van der Waals surface area contributed by atoms with Gasteiger partial charge in [0.1, 0.15) is 10.7 Å². The molecule has 0 bridgehead atoms. The summed E-state index contributed by atoms with van der Waals surface area (Å²) in [5.41, 5.74) is 0.634. The van der Waals surface area contributed by atoms with Crippen molar-refractivity contribution >= 4 is 16.0 Å². The lowest BCUT2D eigenvalue weighted by Gasteiger charge is -2.36. The number of aliphatic carboxylic acids is 1. The Morgan fingerprint density at radius 3 is 2.71 bits per heavy atom. The van der Waals surface area contributed by atoms with E-state index in [9.17, 15) is 17.6 Å². The van der Waals surface area contributed by atoms with Gasteiger partial charge in [-0.25, -0.2) is 12.8 Å². The summed E-state index contributed by atoms with van der Waals surface area (Å²) in [6.45, 7) is 3.45. The van der Waals surface area contributed by atoms with Crippen molar-refractivity contribution in [2.24, 2.45) is 5.92 Å². The highest BCUT2D eigenvalue weighted by molar-refractivity contribution is 7.89. The second-order valence-corrected chi connectivity index (χ2v) is 7.24. The molecule has 5 nitrogen and oxygen atoms in total. The van der Waals surface area contributed by atoms with Crippen LogP contribution in [0.5, 0.6) is 0 Å². The van der Waals surface area contributed by atoms with E-state index in [4.69, 9.17) is 5.11 Å². The molecule has 0 spiro atoms. The topological polar surface area (TPSA) is 74.7 Å². The van der Waals surface area contributed by atoms with Gasteiger partial charge in [-0.1, -0.05) is 6.07 Å². The van der Waals surface area contributed by atoms with Crippen LogP contribution in [-0.2, 0) is 14.8 Å². The number of nitrogens with zero attached hydrogens (tertiary/aromatic N) is 1. The van der Waals surface area contributed by atoms with E-state index in [0.717, 1.165) is 10.4 Å². The van der Waals surface area contributed by atoms with Crippen molar-refractivity contribution in [1.29, 1.82) is 0 Å². The molecule has 1 heterocycles. The van der Waals surface area contributed by atoms with Gasteiger partial charge in [-0.05, 0) is 44.4 Å². The van der Waals surface area contributed by atoms with Gasteiger partial charge < -0.3 is 5.11 Å². The molecule has 1 fully saturated rings. The van der Waals surface area contributed by atoms with Gasteiger partial charge in [0.25, 0.3) is 0 Å². The predicted molar refractivity (Wildman–Crippen MR) is 74.9 cm³/mol. The highest BCUT2D eigenvalue weighted by Gasteiger charge is 2.40. The summed E-state index contributed by atoms with van der Waals surface area (Å²) in [6.07, 6.45) is 0.882. The van der Waals surface area contributed by atoms with Crippen LogP contribution in [0.15, 0.2) is 23.1 Å². The zero-order valence-corrected chi connectivity index (χ0v) is 12.7. The van der Waals surface area contributed by atoms with Gasteiger partial charge in [0, 0.05) is 12.6 Å². The van der Waals surface area contributed by atoms with Crippen LogP contribution < -0.4 is 0 Å². The van der Waals surface area contributed by atoms with Crippen LogP contribution in [0, 0.1) is 18.7 Å². The monoisotopic (exact) mass is 315 g/mol. The van der Waals surface area contributed by atoms with Crippen LogP contribution in [0.3, 0.4) is 0 Å². The van der Waals surface area contributed by atoms with Crippen LogP contribution in [0.2, 0.25) is 0 Å². The van der Waals surface area contributed by atoms with E-state index in [1.165, 1.54) is 12.1 Å². The van der Waals surface area contributed by atoms with Gasteiger partial charge in [0.05, 0.1) is 5.92 Å². The second kappa shape index (κ2) is 5.73. The Bertz CT molecular complexity index is 659. The van der Waals surface area contributed by atoms with E-state index in [-0.39, 0.29) is 11.4 Å². The molecule has 0 radical (unpaired) electrons. The van der Waals surface area contributed by atoms with E-state index in [1.54, 1.807) is 13.8 Å². The molecule has 1 aliphatic heterocycles. The molecular weight excluding hydrogens is 297 g/mol. The summed E-state index contributed by atoms with van der Waals surface area (Å²) in [5.74, 6) is -2.60. The first-order valence-electron chi connectivity index (χ1n) is 6.76. The lowest BCUT2D eigenvalue weighted by molar-refractivity contribution is -0.144. The van der Waals surface area contributed by atoms with E-state index >= 15 is 0 Å². The maximum atomic E-state index is 13.9. The quantitative estimate of drug-likeness (QED) is 0.926. The summed E-state index contributed by atoms with van der Waals surface area (Å²) >= 11 is 0. The third kappa shape index (κ3) is 2.94. The molecule has 116 valence electrons. The minimum Gasteiger partial charge on any atom is -0.481 e. The van der Waals surface area contributed by atoms with Gasteiger partial charge in [0.2, 0.25) is 10.0 Å². The van der Waals surface area contributed by atoms with E-state index in [2.05, 4.69) is 0 Å².